The Morgan fingerprint density at radius 3 is 1.43 bits per heavy atom. The number of benzene rings is 11. The lowest BCUT2D eigenvalue weighted by Crippen LogP contribution is -2.12. The molecule has 286 valence electrons. The second-order valence-electron chi connectivity index (χ2n) is 15.7. The van der Waals surface area contributed by atoms with E-state index in [4.69, 9.17) is 0 Å². The van der Waals surface area contributed by atoms with Crippen LogP contribution in [0.2, 0.25) is 0 Å². The molecule has 11 rings (SSSR count). The molecule has 0 unspecified atom stereocenters. The van der Waals surface area contributed by atoms with Crippen LogP contribution in [0.5, 0.6) is 0 Å². The lowest BCUT2D eigenvalue weighted by Gasteiger charge is -2.30. The monoisotopic (exact) mass is 775 g/mol. The van der Waals surface area contributed by atoms with Crippen LogP contribution >= 0.6 is 0 Å². The van der Waals surface area contributed by atoms with Gasteiger partial charge in [-0.25, -0.2) is 0 Å². The summed E-state index contributed by atoms with van der Waals surface area (Å²) >= 11 is 0. The van der Waals surface area contributed by atoms with Gasteiger partial charge in [0.1, 0.15) is 0 Å². The first-order chi connectivity index (χ1) is 30.3. The SMILES string of the molecule is c1ccc(-c2ccc(-c3ccc(N(c4cc(-c5cc6ccccc6c6ccccc56)ccc4-c4ccccc4)c4cccc5ccccc45)cc3)cc2-c2ccccc2)cc1. The summed E-state index contributed by atoms with van der Waals surface area (Å²) in [6.07, 6.45) is 0. The molecule has 1 nitrogen and oxygen atoms in total. The zero-order valence-electron chi connectivity index (χ0n) is 33.6. The van der Waals surface area contributed by atoms with E-state index < -0.39 is 0 Å². The summed E-state index contributed by atoms with van der Waals surface area (Å²) < 4.78 is 0. The van der Waals surface area contributed by atoms with Gasteiger partial charge < -0.3 is 4.90 Å². The minimum atomic E-state index is 1.09. The van der Waals surface area contributed by atoms with Crippen molar-refractivity contribution in [2.75, 3.05) is 4.90 Å². The molecule has 0 heterocycles. The van der Waals surface area contributed by atoms with E-state index in [1.165, 1.54) is 76.8 Å². The van der Waals surface area contributed by atoms with E-state index in [1.807, 2.05) is 0 Å². The first kappa shape index (κ1) is 36.1. The maximum Gasteiger partial charge on any atom is 0.0546 e. The first-order valence-electron chi connectivity index (χ1n) is 21.0. The van der Waals surface area contributed by atoms with Crippen LogP contribution in [-0.2, 0) is 0 Å². The lowest BCUT2D eigenvalue weighted by atomic mass is 9.90. The minimum absolute atomic E-state index is 1.09. The summed E-state index contributed by atoms with van der Waals surface area (Å²) in [5.41, 5.74) is 15.2. The van der Waals surface area contributed by atoms with E-state index in [2.05, 4.69) is 254 Å². The molecule has 0 spiro atoms. The molecule has 0 saturated heterocycles. The summed E-state index contributed by atoms with van der Waals surface area (Å²) in [5, 5.41) is 7.40. The Morgan fingerprint density at radius 2 is 0.721 bits per heavy atom. The van der Waals surface area contributed by atoms with Crippen LogP contribution in [0.4, 0.5) is 17.1 Å². The smallest absolute Gasteiger partial charge is 0.0546 e. The number of fused-ring (bicyclic) bond motifs is 4. The first-order valence-corrected chi connectivity index (χ1v) is 21.0. The van der Waals surface area contributed by atoms with Gasteiger partial charge >= 0.3 is 0 Å². The molecule has 0 aliphatic carbocycles. The molecule has 0 amide bonds. The van der Waals surface area contributed by atoms with Crippen molar-refractivity contribution in [1.29, 1.82) is 0 Å². The summed E-state index contributed by atoms with van der Waals surface area (Å²) in [6.45, 7) is 0. The quantitative estimate of drug-likeness (QED) is 0.139. The second-order valence-corrected chi connectivity index (χ2v) is 15.7. The van der Waals surface area contributed by atoms with Gasteiger partial charge in [0, 0.05) is 16.6 Å². The van der Waals surface area contributed by atoms with E-state index in [0.29, 0.717) is 0 Å². The molecule has 61 heavy (non-hydrogen) atoms. The van der Waals surface area contributed by atoms with Crippen LogP contribution in [0.3, 0.4) is 0 Å². The summed E-state index contributed by atoms with van der Waals surface area (Å²) in [7, 11) is 0. The maximum absolute atomic E-state index is 2.47. The normalized spacial score (nSPS) is 11.3. The van der Waals surface area contributed by atoms with Gasteiger partial charge in [0.25, 0.3) is 0 Å². The highest BCUT2D eigenvalue weighted by molar-refractivity contribution is 6.14. The molecule has 1 heteroatoms. The fourth-order valence-corrected chi connectivity index (χ4v) is 9.10. The Kier molecular flexibility index (Phi) is 9.26. The molecular formula is C60H41N. The van der Waals surface area contributed by atoms with Crippen molar-refractivity contribution in [3.8, 4) is 55.6 Å². The molecule has 11 aromatic carbocycles. The molecule has 0 aliphatic heterocycles. The van der Waals surface area contributed by atoms with Crippen molar-refractivity contribution in [1.82, 2.24) is 0 Å². The van der Waals surface area contributed by atoms with Gasteiger partial charge in [-0.1, -0.05) is 212 Å². The fourth-order valence-electron chi connectivity index (χ4n) is 9.10. The third-order valence-corrected chi connectivity index (χ3v) is 12.1. The molecule has 0 aliphatic rings. The predicted molar refractivity (Wildman–Crippen MR) is 261 cm³/mol. The summed E-state index contributed by atoms with van der Waals surface area (Å²) in [6, 6.07) is 90.5. The number of rotatable bonds is 8. The van der Waals surface area contributed by atoms with Crippen molar-refractivity contribution >= 4 is 49.4 Å². The summed E-state index contributed by atoms with van der Waals surface area (Å²) in [4.78, 5) is 2.47. The molecule has 0 fully saturated rings. The van der Waals surface area contributed by atoms with E-state index >= 15 is 0 Å². The fraction of sp³-hybridized carbons (Fsp3) is 0. The average Bonchev–Trinajstić information content (AvgIpc) is 3.35. The van der Waals surface area contributed by atoms with Gasteiger partial charge in [-0.3, -0.25) is 0 Å². The van der Waals surface area contributed by atoms with Crippen molar-refractivity contribution in [2.24, 2.45) is 0 Å². The summed E-state index contributed by atoms with van der Waals surface area (Å²) in [5.74, 6) is 0. The van der Waals surface area contributed by atoms with Crippen LogP contribution in [0.25, 0.3) is 88.0 Å². The van der Waals surface area contributed by atoms with Crippen molar-refractivity contribution in [2.45, 2.75) is 0 Å². The van der Waals surface area contributed by atoms with Crippen LogP contribution in [-0.4, -0.2) is 0 Å². The third kappa shape index (κ3) is 6.73. The van der Waals surface area contributed by atoms with E-state index in [0.717, 1.165) is 28.2 Å². The van der Waals surface area contributed by atoms with Crippen LogP contribution in [0.1, 0.15) is 0 Å². The Balaban J connectivity index is 1.11. The standard InChI is InChI=1S/C60H41N/c1-4-17-43(18-5-1)52-37-33-47(39-57(52)46-21-8-3-9-22-46)42-31-35-50(36-32-42)61(59-30-16-25-45-23-10-13-27-53(45)59)60-41-49(34-38-54(60)44-19-6-2-7-20-44)58-40-48-24-11-12-26-51(48)55-28-14-15-29-56(55)58/h1-41H. The Bertz CT molecular complexity index is 3330. The zero-order chi connectivity index (χ0) is 40.5. The highest BCUT2D eigenvalue weighted by Crippen LogP contribution is 2.47. The molecular weight excluding hydrogens is 735 g/mol. The molecule has 0 aromatic heterocycles. The Morgan fingerprint density at radius 1 is 0.213 bits per heavy atom. The van der Waals surface area contributed by atoms with Crippen molar-refractivity contribution in [3.63, 3.8) is 0 Å². The zero-order valence-corrected chi connectivity index (χ0v) is 33.6. The van der Waals surface area contributed by atoms with Crippen LogP contribution in [0, 0.1) is 0 Å². The van der Waals surface area contributed by atoms with Gasteiger partial charge in [-0.2, -0.15) is 0 Å². The molecule has 11 aromatic rings. The predicted octanol–water partition coefficient (Wildman–Crippen LogP) is 17.0. The number of nitrogens with zero attached hydrogens (tertiary/aromatic N) is 1. The van der Waals surface area contributed by atoms with Gasteiger partial charge in [0.15, 0.2) is 0 Å². The molecule has 0 atom stereocenters. The largest absolute Gasteiger partial charge is 0.309 e. The number of hydrogen-bond donors (Lipinski definition) is 0. The van der Waals surface area contributed by atoms with Gasteiger partial charge in [-0.15, -0.1) is 0 Å². The highest BCUT2D eigenvalue weighted by Gasteiger charge is 2.21. The third-order valence-electron chi connectivity index (χ3n) is 12.1. The minimum Gasteiger partial charge on any atom is -0.309 e. The van der Waals surface area contributed by atoms with Crippen molar-refractivity contribution < 1.29 is 0 Å². The topological polar surface area (TPSA) is 3.24 Å². The molecule has 0 radical (unpaired) electrons. The van der Waals surface area contributed by atoms with Gasteiger partial charge in [0.2, 0.25) is 0 Å². The number of anilines is 3. The Labute approximate surface area is 357 Å². The Hall–Kier alpha value is -8.00. The van der Waals surface area contributed by atoms with E-state index in [1.54, 1.807) is 0 Å². The molecule has 0 N–H and O–H groups in total. The average molecular weight is 776 g/mol. The maximum atomic E-state index is 2.47. The molecule has 0 saturated carbocycles. The van der Waals surface area contributed by atoms with E-state index in [-0.39, 0.29) is 0 Å². The number of hydrogen-bond acceptors (Lipinski definition) is 1. The highest BCUT2D eigenvalue weighted by atomic mass is 15.1. The molecule has 0 bridgehead atoms. The van der Waals surface area contributed by atoms with E-state index in [9.17, 15) is 0 Å². The van der Waals surface area contributed by atoms with Crippen molar-refractivity contribution in [3.05, 3.63) is 249 Å². The van der Waals surface area contributed by atoms with Gasteiger partial charge in [-0.05, 0) is 113 Å². The van der Waals surface area contributed by atoms with Crippen LogP contribution in [0.15, 0.2) is 249 Å². The lowest BCUT2D eigenvalue weighted by molar-refractivity contribution is 1.30. The second kappa shape index (κ2) is 15.6. The van der Waals surface area contributed by atoms with Gasteiger partial charge in [0.05, 0.1) is 11.4 Å². The van der Waals surface area contributed by atoms with Crippen LogP contribution < -0.4 is 4.90 Å².